The molecular weight excluding hydrogens is 259 g/mol. The van der Waals surface area contributed by atoms with Gasteiger partial charge >= 0.3 is 0 Å². The van der Waals surface area contributed by atoms with Gasteiger partial charge in [0.25, 0.3) is 0 Å². The molecule has 2 rings (SSSR count). The van der Waals surface area contributed by atoms with Gasteiger partial charge in [-0.15, -0.1) is 0 Å². The van der Waals surface area contributed by atoms with Crippen molar-refractivity contribution in [3.05, 3.63) is 35.6 Å². The molecule has 0 spiro atoms. The van der Waals surface area contributed by atoms with E-state index in [9.17, 15) is 9.18 Å². The van der Waals surface area contributed by atoms with Crippen molar-refractivity contribution in [3.63, 3.8) is 0 Å². The van der Waals surface area contributed by atoms with Gasteiger partial charge in [-0.25, -0.2) is 4.39 Å². The summed E-state index contributed by atoms with van der Waals surface area (Å²) >= 11 is 0. The van der Waals surface area contributed by atoms with Crippen molar-refractivity contribution in [1.29, 1.82) is 0 Å². The minimum absolute atomic E-state index is 0.0416. The van der Waals surface area contributed by atoms with Crippen LogP contribution in [0.4, 0.5) is 4.39 Å². The van der Waals surface area contributed by atoms with Gasteiger partial charge in [-0.2, -0.15) is 0 Å². The Morgan fingerprint density at radius 3 is 2.70 bits per heavy atom. The number of aliphatic hydroxyl groups excluding tert-OH is 1. The van der Waals surface area contributed by atoms with Crippen molar-refractivity contribution >= 4 is 5.78 Å². The molecule has 1 aromatic carbocycles. The maximum Gasteiger partial charge on any atom is 0.176 e. The first-order chi connectivity index (χ1) is 9.69. The van der Waals surface area contributed by atoms with Gasteiger partial charge < -0.3 is 5.11 Å². The van der Waals surface area contributed by atoms with E-state index in [2.05, 4.69) is 9.80 Å². The minimum atomic E-state index is -0.374. The van der Waals surface area contributed by atoms with E-state index in [0.717, 1.165) is 32.6 Å². The smallest absolute Gasteiger partial charge is 0.176 e. The first-order valence-corrected chi connectivity index (χ1v) is 7.03. The number of carbonyl (C=O) groups excluding carboxylic acids is 1. The minimum Gasteiger partial charge on any atom is -0.395 e. The van der Waals surface area contributed by atoms with Crippen molar-refractivity contribution in [2.24, 2.45) is 0 Å². The van der Waals surface area contributed by atoms with Gasteiger partial charge in [0.1, 0.15) is 5.82 Å². The molecule has 1 heterocycles. The zero-order chi connectivity index (χ0) is 14.4. The van der Waals surface area contributed by atoms with E-state index >= 15 is 0 Å². The predicted octanol–water partition coefficient (Wildman–Crippen LogP) is 1.01. The Kier molecular flexibility index (Phi) is 5.64. The highest BCUT2D eigenvalue weighted by molar-refractivity contribution is 5.97. The van der Waals surface area contributed by atoms with Crippen LogP contribution in [0.5, 0.6) is 0 Å². The zero-order valence-electron chi connectivity index (χ0n) is 11.6. The molecule has 1 aromatic rings. The number of Topliss-reactive ketones (excluding diaryl/α,β-unsaturated/α-hetero) is 1. The van der Waals surface area contributed by atoms with Crippen molar-refractivity contribution in [2.75, 3.05) is 45.9 Å². The highest BCUT2D eigenvalue weighted by atomic mass is 19.1. The predicted molar refractivity (Wildman–Crippen MR) is 75.3 cm³/mol. The van der Waals surface area contributed by atoms with E-state index in [1.54, 1.807) is 12.1 Å². The standard InChI is InChI=1S/C15H21FN2O2/c16-14-4-1-3-13(11-14)15(20)12-18-6-2-5-17(7-8-18)9-10-19/h1,3-4,11,19H,2,5-10,12H2. The summed E-state index contributed by atoms with van der Waals surface area (Å²) in [7, 11) is 0. The van der Waals surface area contributed by atoms with Gasteiger partial charge in [-0.1, -0.05) is 12.1 Å². The average molecular weight is 280 g/mol. The quantitative estimate of drug-likeness (QED) is 0.818. The molecule has 0 atom stereocenters. The van der Waals surface area contributed by atoms with E-state index in [0.29, 0.717) is 18.7 Å². The van der Waals surface area contributed by atoms with Crippen LogP contribution >= 0.6 is 0 Å². The Morgan fingerprint density at radius 2 is 1.95 bits per heavy atom. The molecule has 1 N–H and O–H groups in total. The zero-order valence-corrected chi connectivity index (χ0v) is 11.6. The Labute approximate surface area is 118 Å². The van der Waals surface area contributed by atoms with Gasteiger partial charge in [0.15, 0.2) is 5.78 Å². The fraction of sp³-hybridized carbons (Fsp3) is 0.533. The second kappa shape index (κ2) is 7.47. The van der Waals surface area contributed by atoms with Crippen LogP contribution in [0, 0.1) is 5.82 Å². The number of aliphatic hydroxyl groups is 1. The Morgan fingerprint density at radius 1 is 1.20 bits per heavy atom. The van der Waals surface area contributed by atoms with E-state index in [-0.39, 0.29) is 18.2 Å². The number of hydrogen-bond acceptors (Lipinski definition) is 4. The highest BCUT2D eigenvalue weighted by Crippen LogP contribution is 2.08. The van der Waals surface area contributed by atoms with Crippen LogP contribution in [0.25, 0.3) is 0 Å². The number of ketones is 1. The number of carbonyl (C=O) groups is 1. The third kappa shape index (κ3) is 4.37. The molecule has 0 aliphatic carbocycles. The summed E-state index contributed by atoms with van der Waals surface area (Å²) < 4.78 is 13.1. The fourth-order valence-corrected chi connectivity index (χ4v) is 2.50. The van der Waals surface area contributed by atoms with E-state index in [4.69, 9.17) is 5.11 Å². The average Bonchev–Trinajstić information content (AvgIpc) is 2.65. The van der Waals surface area contributed by atoms with E-state index < -0.39 is 0 Å². The number of benzene rings is 1. The van der Waals surface area contributed by atoms with Crippen LogP contribution in [0.1, 0.15) is 16.8 Å². The van der Waals surface area contributed by atoms with Gasteiger partial charge in [0.2, 0.25) is 0 Å². The maximum atomic E-state index is 13.1. The van der Waals surface area contributed by atoms with Crippen LogP contribution in [0.2, 0.25) is 0 Å². The van der Waals surface area contributed by atoms with Crippen molar-refractivity contribution < 1.29 is 14.3 Å². The van der Waals surface area contributed by atoms with Crippen LogP contribution in [0.3, 0.4) is 0 Å². The van der Waals surface area contributed by atoms with Crippen LogP contribution in [-0.4, -0.2) is 66.6 Å². The van der Waals surface area contributed by atoms with E-state index in [1.165, 1.54) is 12.1 Å². The second-order valence-corrected chi connectivity index (χ2v) is 5.13. The topological polar surface area (TPSA) is 43.8 Å². The molecule has 0 amide bonds. The van der Waals surface area contributed by atoms with Crippen LogP contribution in [0.15, 0.2) is 24.3 Å². The number of halogens is 1. The molecule has 0 bridgehead atoms. The lowest BCUT2D eigenvalue weighted by Gasteiger charge is -2.20. The summed E-state index contributed by atoms with van der Waals surface area (Å²) in [5.74, 6) is -0.416. The Bertz CT molecular complexity index is 453. The van der Waals surface area contributed by atoms with Crippen molar-refractivity contribution in [3.8, 4) is 0 Å². The summed E-state index contributed by atoms with van der Waals surface area (Å²) in [6.45, 7) is 4.66. The third-order valence-corrected chi connectivity index (χ3v) is 3.61. The summed E-state index contributed by atoms with van der Waals surface area (Å²) in [5.41, 5.74) is 0.432. The molecule has 5 heteroatoms. The van der Waals surface area contributed by atoms with Gasteiger partial charge in [0, 0.05) is 25.2 Å². The SMILES string of the molecule is O=C(CN1CCCN(CCO)CC1)c1cccc(F)c1. The van der Waals surface area contributed by atoms with Gasteiger partial charge in [-0.05, 0) is 31.6 Å². The summed E-state index contributed by atoms with van der Waals surface area (Å²) in [6.07, 6.45) is 0.983. The first kappa shape index (κ1) is 15.1. The Hall–Kier alpha value is -1.30. The number of β-amino-alcohol motifs (C(OH)–C–C–N with tert-alkyl or cyclic N) is 1. The van der Waals surface area contributed by atoms with Crippen molar-refractivity contribution in [2.45, 2.75) is 6.42 Å². The molecule has 0 unspecified atom stereocenters. The molecule has 0 radical (unpaired) electrons. The largest absolute Gasteiger partial charge is 0.395 e. The van der Waals surface area contributed by atoms with Crippen molar-refractivity contribution in [1.82, 2.24) is 9.80 Å². The first-order valence-electron chi connectivity index (χ1n) is 7.03. The maximum absolute atomic E-state index is 13.1. The summed E-state index contributed by atoms with van der Waals surface area (Å²) in [5, 5.41) is 8.95. The molecular formula is C15H21FN2O2. The Balaban J connectivity index is 1.88. The molecule has 1 saturated heterocycles. The van der Waals surface area contributed by atoms with Crippen LogP contribution in [-0.2, 0) is 0 Å². The molecule has 4 nitrogen and oxygen atoms in total. The lowest BCUT2D eigenvalue weighted by molar-refractivity contribution is 0.0931. The van der Waals surface area contributed by atoms with Crippen LogP contribution < -0.4 is 0 Å². The monoisotopic (exact) mass is 280 g/mol. The van der Waals surface area contributed by atoms with Gasteiger partial charge in [-0.3, -0.25) is 14.6 Å². The molecule has 1 fully saturated rings. The lowest BCUT2D eigenvalue weighted by Crippen LogP contribution is -2.35. The number of hydrogen-bond donors (Lipinski definition) is 1. The van der Waals surface area contributed by atoms with E-state index in [1.807, 2.05) is 0 Å². The highest BCUT2D eigenvalue weighted by Gasteiger charge is 2.17. The molecule has 0 saturated carbocycles. The third-order valence-electron chi connectivity index (χ3n) is 3.61. The molecule has 20 heavy (non-hydrogen) atoms. The molecule has 1 aliphatic rings. The summed E-state index contributed by atoms with van der Waals surface area (Å²) in [4.78, 5) is 16.4. The molecule has 1 aliphatic heterocycles. The summed E-state index contributed by atoms with van der Waals surface area (Å²) in [6, 6.07) is 5.85. The molecule has 0 aromatic heterocycles. The number of nitrogens with zero attached hydrogens (tertiary/aromatic N) is 2. The van der Waals surface area contributed by atoms with Gasteiger partial charge in [0.05, 0.1) is 13.2 Å². The second-order valence-electron chi connectivity index (χ2n) is 5.13. The normalized spacial score (nSPS) is 17.9. The molecule has 110 valence electrons. The number of rotatable bonds is 5. The lowest BCUT2D eigenvalue weighted by atomic mass is 10.1. The fourth-order valence-electron chi connectivity index (χ4n) is 2.50.